The van der Waals surface area contributed by atoms with E-state index in [1.54, 1.807) is 26.5 Å². The first-order valence-corrected chi connectivity index (χ1v) is 9.16. The molecule has 7 nitrogen and oxygen atoms in total. The van der Waals surface area contributed by atoms with E-state index in [-0.39, 0.29) is 13.2 Å². The van der Waals surface area contributed by atoms with Gasteiger partial charge in [-0.3, -0.25) is 0 Å². The minimum absolute atomic E-state index is 0.00552. The summed E-state index contributed by atoms with van der Waals surface area (Å²) in [6.07, 6.45) is 2.39. The van der Waals surface area contributed by atoms with Crippen molar-refractivity contribution in [2.24, 2.45) is 5.73 Å². The average molecular weight is 385 g/mol. The smallest absolute Gasteiger partial charge is 0.162 e. The van der Waals surface area contributed by atoms with Gasteiger partial charge in [0, 0.05) is 42.2 Å². The van der Waals surface area contributed by atoms with Gasteiger partial charge in [0.1, 0.15) is 12.4 Å². The van der Waals surface area contributed by atoms with Gasteiger partial charge in [-0.15, -0.1) is 0 Å². The second-order valence-corrected chi connectivity index (χ2v) is 6.48. The van der Waals surface area contributed by atoms with Crippen LogP contribution in [0.15, 0.2) is 36.5 Å². The number of anilines is 1. The molecule has 150 valence electrons. The van der Waals surface area contributed by atoms with Gasteiger partial charge in [-0.25, -0.2) is 0 Å². The molecule has 3 rings (SSSR count). The van der Waals surface area contributed by atoms with Crippen LogP contribution in [0.2, 0.25) is 0 Å². The summed E-state index contributed by atoms with van der Waals surface area (Å²) in [5.41, 5.74) is 16.8. The van der Waals surface area contributed by atoms with Crippen molar-refractivity contribution in [3.63, 3.8) is 0 Å². The molecule has 5 N–H and O–H groups in total. The summed E-state index contributed by atoms with van der Waals surface area (Å²) >= 11 is 0. The fourth-order valence-electron chi connectivity index (χ4n) is 3.55. The molecule has 1 aliphatic heterocycles. The van der Waals surface area contributed by atoms with Gasteiger partial charge in [0.15, 0.2) is 11.5 Å². The summed E-state index contributed by atoms with van der Waals surface area (Å²) in [5, 5.41) is 9.02. The van der Waals surface area contributed by atoms with Crippen LogP contribution >= 0.6 is 0 Å². The van der Waals surface area contributed by atoms with Gasteiger partial charge >= 0.3 is 0 Å². The zero-order chi connectivity index (χ0) is 20.1. The van der Waals surface area contributed by atoms with Crippen molar-refractivity contribution < 1.29 is 19.3 Å². The second-order valence-electron chi connectivity index (χ2n) is 6.48. The van der Waals surface area contributed by atoms with Crippen molar-refractivity contribution in [2.45, 2.75) is 13.0 Å². The highest BCUT2D eigenvalue weighted by Gasteiger charge is 2.23. The largest absolute Gasteiger partial charge is 0.493 e. The summed E-state index contributed by atoms with van der Waals surface area (Å²) in [6, 6.07) is 9.58. The fourth-order valence-corrected chi connectivity index (χ4v) is 3.55. The van der Waals surface area contributed by atoms with E-state index in [9.17, 15) is 0 Å². The number of aliphatic hydroxyl groups excluding tert-OH is 1. The Morgan fingerprint density at radius 3 is 2.61 bits per heavy atom. The van der Waals surface area contributed by atoms with Gasteiger partial charge in [-0.1, -0.05) is 12.1 Å². The van der Waals surface area contributed by atoms with Gasteiger partial charge < -0.3 is 35.7 Å². The van der Waals surface area contributed by atoms with Crippen LogP contribution in [0.5, 0.6) is 17.2 Å². The molecule has 0 radical (unpaired) electrons. The molecule has 2 aromatic carbocycles. The molecule has 0 fully saturated rings. The van der Waals surface area contributed by atoms with E-state index in [1.165, 1.54) is 11.1 Å². The van der Waals surface area contributed by atoms with E-state index in [1.807, 2.05) is 18.2 Å². The third kappa shape index (κ3) is 3.80. The highest BCUT2D eigenvalue weighted by molar-refractivity contribution is 5.77. The van der Waals surface area contributed by atoms with Crippen LogP contribution in [0.1, 0.15) is 16.7 Å². The Hall–Kier alpha value is -3.06. The monoisotopic (exact) mass is 385 g/mol. The number of rotatable bonds is 7. The molecule has 1 heterocycles. The third-order valence-electron chi connectivity index (χ3n) is 4.90. The third-order valence-corrected chi connectivity index (χ3v) is 4.90. The van der Waals surface area contributed by atoms with Gasteiger partial charge in [0.25, 0.3) is 0 Å². The molecule has 0 atom stereocenters. The number of nitrogen functional groups attached to an aromatic ring is 1. The average Bonchev–Trinajstić information content (AvgIpc) is 2.73. The molecule has 1 aliphatic rings. The summed E-state index contributed by atoms with van der Waals surface area (Å²) in [7, 11) is 3.17. The first kappa shape index (κ1) is 19.7. The maximum atomic E-state index is 9.02. The molecule has 0 aromatic heterocycles. The summed E-state index contributed by atoms with van der Waals surface area (Å²) < 4.78 is 16.4. The van der Waals surface area contributed by atoms with Crippen LogP contribution in [-0.4, -0.2) is 44.0 Å². The highest BCUT2D eigenvalue weighted by Crippen LogP contribution is 2.38. The molecule has 0 amide bonds. The summed E-state index contributed by atoms with van der Waals surface area (Å²) in [6.45, 7) is 1.73. The maximum Gasteiger partial charge on any atom is 0.162 e. The fraction of sp³-hybridized carbons (Fsp3) is 0.333. The van der Waals surface area contributed by atoms with Crippen molar-refractivity contribution in [3.8, 4) is 17.2 Å². The standard InChI is InChI=1S/C21H27N3O4/c1-26-20-10-16(17(23)11-21(20)27-2)18(12-22)24-7-6-15-14(13-24)4-3-5-19(15)28-9-8-25/h3-5,10-12,25H,6-9,13,22-23H2,1-2H3/b18-12+. The van der Waals surface area contributed by atoms with Crippen molar-refractivity contribution in [1.29, 1.82) is 0 Å². The van der Waals surface area contributed by atoms with Crippen LogP contribution in [0.25, 0.3) is 5.70 Å². The zero-order valence-corrected chi connectivity index (χ0v) is 16.3. The Balaban J connectivity index is 1.90. The molecule has 0 spiro atoms. The minimum atomic E-state index is -0.00552. The van der Waals surface area contributed by atoms with Gasteiger partial charge in [0.2, 0.25) is 0 Å². The van der Waals surface area contributed by atoms with E-state index in [0.717, 1.165) is 30.0 Å². The number of ether oxygens (including phenoxy) is 3. The predicted molar refractivity (Wildman–Crippen MR) is 109 cm³/mol. The lowest BCUT2D eigenvalue weighted by molar-refractivity contribution is 0.199. The first-order valence-electron chi connectivity index (χ1n) is 9.16. The Labute approximate surface area is 165 Å². The van der Waals surface area contributed by atoms with Gasteiger partial charge in [-0.05, 0) is 24.1 Å². The van der Waals surface area contributed by atoms with Crippen molar-refractivity contribution in [2.75, 3.05) is 39.7 Å². The number of nitrogens with two attached hydrogens (primary N) is 2. The normalized spacial score (nSPS) is 13.8. The summed E-state index contributed by atoms with van der Waals surface area (Å²) in [4.78, 5) is 2.19. The van der Waals surface area contributed by atoms with E-state index in [0.29, 0.717) is 23.7 Å². The van der Waals surface area contributed by atoms with Crippen molar-refractivity contribution in [3.05, 3.63) is 53.2 Å². The molecular weight excluding hydrogens is 358 g/mol. The molecule has 0 aliphatic carbocycles. The Bertz CT molecular complexity index is 867. The number of fused-ring (bicyclic) bond motifs is 1. The lowest BCUT2D eigenvalue weighted by Gasteiger charge is -2.34. The highest BCUT2D eigenvalue weighted by atomic mass is 16.5. The summed E-state index contributed by atoms with van der Waals surface area (Å²) in [5.74, 6) is 2.01. The topological polar surface area (TPSA) is 103 Å². The van der Waals surface area contributed by atoms with E-state index in [4.69, 9.17) is 30.8 Å². The van der Waals surface area contributed by atoms with Crippen molar-refractivity contribution >= 4 is 11.4 Å². The van der Waals surface area contributed by atoms with Gasteiger partial charge in [-0.2, -0.15) is 0 Å². The molecular formula is C21H27N3O4. The Morgan fingerprint density at radius 1 is 1.18 bits per heavy atom. The lowest BCUT2D eigenvalue weighted by atomic mass is 9.97. The quantitative estimate of drug-likeness (QED) is 0.626. The van der Waals surface area contributed by atoms with Crippen molar-refractivity contribution in [1.82, 2.24) is 4.90 Å². The molecule has 2 aromatic rings. The minimum Gasteiger partial charge on any atom is -0.493 e. The van der Waals surface area contributed by atoms with Crippen LogP contribution in [0.4, 0.5) is 5.69 Å². The lowest BCUT2D eigenvalue weighted by Crippen LogP contribution is -2.30. The first-order chi connectivity index (χ1) is 13.6. The van der Waals surface area contributed by atoms with Crippen LogP contribution in [-0.2, 0) is 13.0 Å². The van der Waals surface area contributed by atoms with Gasteiger partial charge in [0.05, 0.1) is 26.5 Å². The maximum absolute atomic E-state index is 9.02. The Kier molecular flexibility index (Phi) is 6.16. The van der Waals surface area contributed by atoms with E-state index >= 15 is 0 Å². The molecule has 0 saturated heterocycles. The molecule has 0 unspecified atom stereocenters. The van der Waals surface area contributed by atoms with E-state index < -0.39 is 0 Å². The second kappa shape index (κ2) is 8.75. The zero-order valence-electron chi connectivity index (χ0n) is 16.3. The van der Waals surface area contributed by atoms with Crippen LogP contribution in [0, 0.1) is 0 Å². The SMILES string of the molecule is COc1cc(N)c(/C(=C\N)N2CCc3c(cccc3OCCO)C2)cc1OC. The number of aliphatic hydroxyl groups is 1. The predicted octanol–water partition coefficient (Wildman–Crippen LogP) is 1.97. The molecule has 0 bridgehead atoms. The number of benzene rings is 2. The number of hydrogen-bond acceptors (Lipinski definition) is 7. The molecule has 28 heavy (non-hydrogen) atoms. The molecule has 7 heteroatoms. The number of nitrogens with zero attached hydrogens (tertiary/aromatic N) is 1. The number of hydrogen-bond donors (Lipinski definition) is 3. The van der Waals surface area contributed by atoms with Crippen LogP contribution in [0.3, 0.4) is 0 Å². The van der Waals surface area contributed by atoms with E-state index in [2.05, 4.69) is 11.0 Å². The Morgan fingerprint density at radius 2 is 1.93 bits per heavy atom. The van der Waals surface area contributed by atoms with Crippen LogP contribution < -0.4 is 25.7 Å². The molecule has 0 saturated carbocycles. The number of methoxy groups -OCH3 is 2.